The normalized spacial score (nSPS) is 49.4. The van der Waals surface area contributed by atoms with Gasteiger partial charge < -0.3 is 38.3 Å². The molecule has 298 valence electrons. The predicted octanol–water partition coefficient (Wildman–Crippen LogP) is 8.53. The molecule has 9 heteroatoms. The first-order valence-electron chi connectivity index (χ1n) is 20.2. The Hall–Kier alpha value is -0.810. The number of aliphatic hydroxyl groups is 1. The highest BCUT2D eigenvalue weighted by atomic mass is 16.7. The first kappa shape index (κ1) is 42.9. The summed E-state index contributed by atoms with van der Waals surface area (Å²) in [5, 5.41) is 12.3. The average Bonchev–Trinajstić information content (AvgIpc) is 3.01. The minimum atomic E-state index is -1.47. The van der Waals surface area contributed by atoms with Crippen LogP contribution in [0, 0.1) is 52.3 Å². The lowest BCUT2D eigenvalue weighted by atomic mass is 9.68. The Bertz CT molecular complexity index is 1170. The zero-order valence-corrected chi connectivity index (χ0v) is 35.3. The predicted molar refractivity (Wildman–Crippen MR) is 199 cm³/mol. The van der Waals surface area contributed by atoms with Gasteiger partial charge in [-0.25, -0.2) is 0 Å². The Morgan fingerprint density at radius 1 is 0.765 bits per heavy atom. The lowest BCUT2D eigenvalue weighted by Gasteiger charge is -2.54. The number of rotatable bonds is 5. The van der Waals surface area contributed by atoms with E-state index in [9.17, 15) is 9.90 Å². The van der Waals surface area contributed by atoms with E-state index >= 15 is 0 Å². The molecule has 2 unspecified atom stereocenters. The smallest absolute Gasteiger partial charge is 0.311 e. The van der Waals surface area contributed by atoms with Gasteiger partial charge in [-0.3, -0.25) is 4.79 Å². The van der Waals surface area contributed by atoms with Crippen molar-refractivity contribution in [2.45, 2.75) is 210 Å². The zero-order chi connectivity index (χ0) is 38.6. The number of carbonyl (C=O) groups is 1. The number of ether oxygens (including phenoxy) is 7. The minimum Gasteiger partial charge on any atom is -0.459 e. The Morgan fingerprint density at radius 2 is 1.39 bits per heavy atom. The topological polar surface area (TPSA) is 102 Å². The Labute approximate surface area is 310 Å². The highest BCUT2D eigenvalue weighted by molar-refractivity contribution is 5.73. The van der Waals surface area contributed by atoms with E-state index in [1.807, 2.05) is 27.7 Å². The van der Waals surface area contributed by atoms with Crippen molar-refractivity contribution < 1.29 is 43.1 Å². The summed E-state index contributed by atoms with van der Waals surface area (Å²) >= 11 is 0. The van der Waals surface area contributed by atoms with Crippen molar-refractivity contribution in [3.63, 3.8) is 0 Å². The fourth-order valence-corrected chi connectivity index (χ4v) is 10.1. The Kier molecular flexibility index (Phi) is 13.2. The van der Waals surface area contributed by atoms with Gasteiger partial charge in [0.2, 0.25) is 0 Å². The van der Waals surface area contributed by atoms with Gasteiger partial charge in [0.1, 0.15) is 11.7 Å². The van der Waals surface area contributed by atoms with Gasteiger partial charge in [0.25, 0.3) is 0 Å². The summed E-state index contributed by atoms with van der Waals surface area (Å²) in [6.45, 7) is 35.9. The molecule has 0 aliphatic carbocycles. The van der Waals surface area contributed by atoms with E-state index in [0.29, 0.717) is 24.7 Å². The second-order valence-electron chi connectivity index (χ2n) is 19.6. The maximum Gasteiger partial charge on any atom is 0.311 e. The van der Waals surface area contributed by atoms with Gasteiger partial charge in [-0.2, -0.15) is 0 Å². The van der Waals surface area contributed by atoms with Crippen LogP contribution in [0.1, 0.15) is 143 Å². The molecule has 2 bridgehead atoms. The molecule has 9 nitrogen and oxygen atoms in total. The Balaban J connectivity index is 1.84. The fraction of sp³-hybridized carbons (Fsp3) is 0.976. The number of fused-ring (bicyclic) bond motifs is 2. The van der Waals surface area contributed by atoms with Crippen molar-refractivity contribution >= 4 is 5.97 Å². The highest BCUT2D eigenvalue weighted by Crippen LogP contribution is 2.48. The molecule has 4 heterocycles. The van der Waals surface area contributed by atoms with Crippen LogP contribution >= 0.6 is 0 Å². The molecule has 0 aromatic carbocycles. The molecule has 1 N–H and O–H groups in total. The van der Waals surface area contributed by atoms with E-state index in [1.165, 1.54) is 0 Å². The summed E-state index contributed by atoms with van der Waals surface area (Å²) in [7, 11) is 0. The van der Waals surface area contributed by atoms with Crippen LogP contribution in [0.2, 0.25) is 0 Å². The van der Waals surface area contributed by atoms with E-state index in [2.05, 4.69) is 83.1 Å². The molecule has 0 radical (unpaired) electrons. The lowest BCUT2D eigenvalue weighted by molar-refractivity contribution is -0.359. The van der Waals surface area contributed by atoms with Crippen molar-refractivity contribution in [3.05, 3.63) is 0 Å². The highest BCUT2D eigenvalue weighted by Gasteiger charge is 2.56. The number of hydrogen-bond acceptors (Lipinski definition) is 9. The summed E-state index contributed by atoms with van der Waals surface area (Å²) in [6.07, 6.45) is -0.608. The third-order valence-corrected chi connectivity index (χ3v) is 13.7. The molecule has 0 amide bonds. The molecule has 0 spiro atoms. The van der Waals surface area contributed by atoms with Crippen LogP contribution in [-0.4, -0.2) is 77.8 Å². The first-order valence-corrected chi connectivity index (χ1v) is 20.2. The molecule has 4 rings (SSSR count). The lowest BCUT2D eigenvalue weighted by Crippen LogP contribution is -2.64. The van der Waals surface area contributed by atoms with Crippen molar-refractivity contribution in [3.8, 4) is 0 Å². The maximum absolute atomic E-state index is 14.4. The van der Waals surface area contributed by atoms with E-state index < -0.39 is 59.6 Å². The molecule has 4 saturated heterocycles. The minimum absolute atomic E-state index is 0.0103. The van der Waals surface area contributed by atoms with E-state index in [1.54, 1.807) is 6.92 Å². The quantitative estimate of drug-likeness (QED) is 0.280. The van der Waals surface area contributed by atoms with Crippen LogP contribution in [0.3, 0.4) is 0 Å². The third-order valence-electron chi connectivity index (χ3n) is 13.7. The first-order chi connectivity index (χ1) is 23.3. The largest absolute Gasteiger partial charge is 0.459 e. The van der Waals surface area contributed by atoms with Gasteiger partial charge in [0, 0.05) is 24.2 Å². The van der Waals surface area contributed by atoms with E-state index in [4.69, 9.17) is 33.2 Å². The van der Waals surface area contributed by atoms with Crippen LogP contribution in [0.25, 0.3) is 0 Å². The molecular formula is C42H76O9. The van der Waals surface area contributed by atoms with Crippen LogP contribution in [0.5, 0.6) is 0 Å². The van der Waals surface area contributed by atoms with E-state index in [0.717, 1.165) is 12.8 Å². The number of esters is 1. The second-order valence-corrected chi connectivity index (χ2v) is 19.6. The maximum atomic E-state index is 14.4. The van der Waals surface area contributed by atoms with E-state index in [-0.39, 0.29) is 53.5 Å². The van der Waals surface area contributed by atoms with Crippen LogP contribution in [0.15, 0.2) is 0 Å². The van der Waals surface area contributed by atoms with Gasteiger partial charge in [0.05, 0.1) is 42.5 Å². The number of cyclic esters (lactones) is 1. The second kappa shape index (κ2) is 15.7. The SMILES string of the molecule is CC[C@H]1OC(=O)[C@H](C)[C@@H](OC2CC(C)(C)[C@@H](C)[C@H](C)O2)[C@H](C)[C@@H](OC2O[C@H](C)C[C@H](C)[C@H]2C)C(C)(C)C[C@@H](C)[C@@H]2OC(C)(C)O[C@H]([C@H]2C)[C@]1(C)O. The number of carbonyl (C=O) groups excluding carboxylic acids is 1. The van der Waals surface area contributed by atoms with Gasteiger partial charge in [-0.15, -0.1) is 0 Å². The summed E-state index contributed by atoms with van der Waals surface area (Å²) in [4.78, 5) is 14.4. The van der Waals surface area contributed by atoms with Crippen LogP contribution in [0.4, 0.5) is 0 Å². The standard InChI is InChI=1S/C42H76O9/c1-18-31-42(17,44)36-26(6)33(50-41(15,16)51-36)23(3)20-40(13,14)35(49-38-25(5)22(2)19-24(4)45-38)27(7)34(28(8)37(43)47-31)48-32-21-39(11,12)29(9)30(10)46-32/h22-36,38,44H,18-21H2,1-17H3/t22-,23+,24+,25+,26-,27-,28+,29-,30-,31+,32?,33-,34-,35+,36+,38?,42+/m0/s1. The van der Waals surface area contributed by atoms with Gasteiger partial charge >= 0.3 is 5.97 Å². The van der Waals surface area contributed by atoms with Gasteiger partial charge in [-0.05, 0) is 89.4 Å². The average molecular weight is 725 g/mol. The van der Waals surface area contributed by atoms with Gasteiger partial charge in [-0.1, -0.05) is 76.2 Å². The molecule has 4 aliphatic heterocycles. The Morgan fingerprint density at radius 3 is 1.98 bits per heavy atom. The molecular weight excluding hydrogens is 648 g/mol. The zero-order valence-electron chi connectivity index (χ0n) is 35.3. The van der Waals surface area contributed by atoms with Crippen molar-refractivity contribution in [2.24, 2.45) is 52.3 Å². The molecule has 0 aromatic heterocycles. The summed E-state index contributed by atoms with van der Waals surface area (Å²) in [5.74, 6) is -1.45. The molecule has 4 fully saturated rings. The molecule has 17 atom stereocenters. The van der Waals surface area contributed by atoms with Crippen molar-refractivity contribution in [2.75, 3.05) is 0 Å². The van der Waals surface area contributed by atoms with Crippen LogP contribution < -0.4 is 0 Å². The summed E-state index contributed by atoms with van der Waals surface area (Å²) in [6, 6.07) is 0. The van der Waals surface area contributed by atoms with Crippen LogP contribution in [-0.2, 0) is 38.0 Å². The molecule has 51 heavy (non-hydrogen) atoms. The third kappa shape index (κ3) is 9.19. The fourth-order valence-electron chi connectivity index (χ4n) is 10.1. The monoisotopic (exact) mass is 725 g/mol. The summed E-state index contributed by atoms with van der Waals surface area (Å²) in [5.41, 5.74) is -1.90. The number of hydrogen-bond donors (Lipinski definition) is 1. The molecule has 4 aliphatic rings. The van der Waals surface area contributed by atoms with Crippen molar-refractivity contribution in [1.82, 2.24) is 0 Å². The molecule has 0 aromatic rings. The molecule has 0 saturated carbocycles. The van der Waals surface area contributed by atoms with Gasteiger partial charge in [0.15, 0.2) is 18.4 Å². The summed E-state index contributed by atoms with van der Waals surface area (Å²) < 4.78 is 46.9. The van der Waals surface area contributed by atoms with Crippen molar-refractivity contribution in [1.29, 1.82) is 0 Å².